The van der Waals surface area contributed by atoms with Crippen molar-refractivity contribution in [2.45, 2.75) is 51.0 Å². The van der Waals surface area contributed by atoms with Crippen LogP contribution in [-0.2, 0) is 16.6 Å². The Kier molecular flexibility index (Phi) is 4.78. The van der Waals surface area contributed by atoms with Crippen molar-refractivity contribution in [2.24, 2.45) is 5.92 Å². The maximum absolute atomic E-state index is 12.8. The first kappa shape index (κ1) is 17.2. The van der Waals surface area contributed by atoms with E-state index in [1.54, 1.807) is 12.1 Å². The molecule has 1 saturated heterocycles. The Labute approximate surface area is 141 Å². The first-order valence-corrected chi connectivity index (χ1v) is 9.97. The van der Waals surface area contributed by atoms with Crippen LogP contribution in [-0.4, -0.2) is 40.0 Å². The molecule has 0 amide bonds. The quantitative estimate of drug-likeness (QED) is 0.821. The molecule has 0 spiro atoms. The number of aryl methyl sites for hydroxylation is 1. The van der Waals surface area contributed by atoms with E-state index in [1.807, 2.05) is 6.92 Å². The third-order valence-corrected chi connectivity index (χ3v) is 6.54. The van der Waals surface area contributed by atoms with Gasteiger partial charge in [-0.25, -0.2) is 22.3 Å². The Bertz CT molecular complexity index is 876. The molecule has 1 aliphatic rings. The van der Waals surface area contributed by atoms with Crippen molar-refractivity contribution in [3.8, 4) is 0 Å². The van der Waals surface area contributed by atoms with Gasteiger partial charge < -0.3 is 0 Å². The molecule has 2 aromatic heterocycles. The van der Waals surface area contributed by atoms with Gasteiger partial charge in [-0.15, -0.1) is 5.10 Å². The molecular weight excluding hydrogens is 328 g/mol. The SMILES string of the molecule is CCCCn1nc2ccc(S(=O)(=O)N3CCC(C)CC3)cn2c1=O. The van der Waals surface area contributed by atoms with Crippen LogP contribution in [0.1, 0.15) is 39.5 Å². The van der Waals surface area contributed by atoms with Gasteiger partial charge in [0.2, 0.25) is 10.0 Å². The molecule has 132 valence electrons. The summed E-state index contributed by atoms with van der Waals surface area (Å²) in [6.07, 6.45) is 4.97. The van der Waals surface area contributed by atoms with Crippen LogP contribution >= 0.6 is 0 Å². The van der Waals surface area contributed by atoms with Crippen LogP contribution in [0, 0.1) is 5.92 Å². The van der Waals surface area contributed by atoms with Gasteiger partial charge in [-0.3, -0.25) is 0 Å². The minimum atomic E-state index is -3.56. The average Bonchev–Trinajstić information content (AvgIpc) is 2.89. The van der Waals surface area contributed by atoms with Crippen LogP contribution in [0.4, 0.5) is 0 Å². The first-order chi connectivity index (χ1) is 11.4. The summed E-state index contributed by atoms with van der Waals surface area (Å²) < 4.78 is 29.9. The number of hydrogen-bond donors (Lipinski definition) is 0. The van der Waals surface area contributed by atoms with Gasteiger partial charge >= 0.3 is 5.69 Å². The lowest BCUT2D eigenvalue weighted by atomic mass is 10.0. The van der Waals surface area contributed by atoms with E-state index in [0.717, 1.165) is 25.7 Å². The Hall–Kier alpha value is -1.67. The van der Waals surface area contributed by atoms with Gasteiger partial charge in [-0.1, -0.05) is 20.3 Å². The lowest BCUT2D eigenvalue weighted by Gasteiger charge is -2.29. The lowest BCUT2D eigenvalue weighted by Crippen LogP contribution is -2.38. The zero-order valence-electron chi connectivity index (χ0n) is 14.2. The second kappa shape index (κ2) is 6.68. The summed E-state index contributed by atoms with van der Waals surface area (Å²) in [6, 6.07) is 3.14. The second-order valence-electron chi connectivity index (χ2n) is 6.54. The van der Waals surface area contributed by atoms with E-state index in [9.17, 15) is 13.2 Å². The molecule has 0 unspecified atom stereocenters. The van der Waals surface area contributed by atoms with Crippen LogP contribution in [0.2, 0.25) is 0 Å². The summed E-state index contributed by atoms with van der Waals surface area (Å²) in [7, 11) is -3.56. The van der Waals surface area contributed by atoms with Crippen molar-refractivity contribution in [3.05, 3.63) is 28.8 Å². The summed E-state index contributed by atoms with van der Waals surface area (Å²) in [5.41, 5.74) is 0.185. The minimum absolute atomic E-state index is 0.154. The number of piperidine rings is 1. The van der Waals surface area contributed by atoms with Gasteiger partial charge in [0.1, 0.15) is 0 Å². The highest BCUT2D eigenvalue weighted by molar-refractivity contribution is 7.89. The van der Waals surface area contributed by atoms with E-state index >= 15 is 0 Å². The topological polar surface area (TPSA) is 76.7 Å². The number of sulfonamides is 1. The van der Waals surface area contributed by atoms with Crippen molar-refractivity contribution >= 4 is 15.7 Å². The zero-order chi connectivity index (χ0) is 17.3. The zero-order valence-corrected chi connectivity index (χ0v) is 15.0. The predicted molar refractivity (Wildman–Crippen MR) is 91.5 cm³/mol. The van der Waals surface area contributed by atoms with Gasteiger partial charge in [-0.05, 0) is 37.3 Å². The smallest absolute Gasteiger partial charge is 0.249 e. The second-order valence-corrected chi connectivity index (χ2v) is 8.48. The maximum Gasteiger partial charge on any atom is 0.350 e. The molecule has 0 saturated carbocycles. The maximum atomic E-state index is 12.8. The molecule has 24 heavy (non-hydrogen) atoms. The summed E-state index contributed by atoms with van der Waals surface area (Å²) in [5.74, 6) is 0.554. The van der Waals surface area contributed by atoms with E-state index in [4.69, 9.17) is 0 Å². The molecular formula is C16H24N4O3S. The summed E-state index contributed by atoms with van der Waals surface area (Å²) in [5, 5.41) is 4.25. The Morgan fingerprint density at radius 2 is 1.96 bits per heavy atom. The number of pyridine rings is 1. The molecule has 0 atom stereocenters. The van der Waals surface area contributed by atoms with Gasteiger partial charge in [0.25, 0.3) is 0 Å². The molecule has 0 aromatic carbocycles. The molecule has 8 heteroatoms. The molecule has 0 bridgehead atoms. The molecule has 3 rings (SSSR count). The Morgan fingerprint density at radius 3 is 2.62 bits per heavy atom. The van der Waals surface area contributed by atoms with E-state index in [1.165, 1.54) is 19.6 Å². The first-order valence-electron chi connectivity index (χ1n) is 8.53. The van der Waals surface area contributed by atoms with Crippen molar-refractivity contribution in [2.75, 3.05) is 13.1 Å². The molecule has 1 fully saturated rings. The van der Waals surface area contributed by atoms with Gasteiger partial charge in [-0.2, -0.15) is 4.31 Å². The lowest BCUT2D eigenvalue weighted by molar-refractivity contribution is 0.288. The fourth-order valence-corrected chi connectivity index (χ4v) is 4.45. The number of aromatic nitrogens is 3. The average molecular weight is 352 g/mol. The van der Waals surface area contributed by atoms with Gasteiger partial charge in [0.15, 0.2) is 5.65 Å². The number of rotatable bonds is 5. The minimum Gasteiger partial charge on any atom is -0.249 e. The largest absolute Gasteiger partial charge is 0.350 e. The Morgan fingerprint density at radius 1 is 1.25 bits per heavy atom. The molecule has 3 heterocycles. The van der Waals surface area contributed by atoms with E-state index in [0.29, 0.717) is 31.2 Å². The van der Waals surface area contributed by atoms with Crippen molar-refractivity contribution in [1.29, 1.82) is 0 Å². The van der Waals surface area contributed by atoms with Crippen LogP contribution in [0.25, 0.3) is 5.65 Å². The highest BCUT2D eigenvalue weighted by atomic mass is 32.2. The van der Waals surface area contributed by atoms with Crippen LogP contribution < -0.4 is 5.69 Å². The molecule has 2 aromatic rings. The van der Waals surface area contributed by atoms with Crippen molar-refractivity contribution < 1.29 is 8.42 Å². The third-order valence-electron chi connectivity index (χ3n) is 4.65. The normalized spacial score (nSPS) is 17.6. The molecule has 0 N–H and O–H groups in total. The summed E-state index contributed by atoms with van der Waals surface area (Å²) in [4.78, 5) is 12.5. The predicted octanol–water partition coefficient (Wildman–Crippen LogP) is 1.72. The number of hydrogen-bond acceptors (Lipinski definition) is 4. The number of unbranched alkanes of at least 4 members (excludes halogenated alkanes) is 1. The van der Waals surface area contributed by atoms with Crippen LogP contribution in [0.3, 0.4) is 0 Å². The number of nitrogens with zero attached hydrogens (tertiary/aromatic N) is 4. The third kappa shape index (κ3) is 3.12. The van der Waals surface area contributed by atoms with Gasteiger partial charge in [0.05, 0.1) is 4.90 Å². The van der Waals surface area contributed by atoms with Crippen molar-refractivity contribution in [1.82, 2.24) is 18.5 Å². The fraction of sp³-hybridized carbons (Fsp3) is 0.625. The fourth-order valence-electron chi connectivity index (χ4n) is 2.98. The highest BCUT2D eigenvalue weighted by Gasteiger charge is 2.28. The van der Waals surface area contributed by atoms with E-state index in [-0.39, 0.29) is 10.6 Å². The molecule has 1 aliphatic heterocycles. The number of fused-ring (bicyclic) bond motifs is 1. The monoisotopic (exact) mass is 352 g/mol. The van der Waals surface area contributed by atoms with Gasteiger partial charge in [0, 0.05) is 25.8 Å². The Balaban J connectivity index is 1.95. The molecule has 0 radical (unpaired) electrons. The molecule has 7 nitrogen and oxygen atoms in total. The van der Waals surface area contributed by atoms with E-state index < -0.39 is 10.0 Å². The summed E-state index contributed by atoms with van der Waals surface area (Å²) in [6.45, 7) is 5.80. The van der Waals surface area contributed by atoms with Crippen LogP contribution in [0.5, 0.6) is 0 Å². The summed E-state index contributed by atoms with van der Waals surface area (Å²) >= 11 is 0. The van der Waals surface area contributed by atoms with Crippen LogP contribution in [0.15, 0.2) is 28.0 Å². The van der Waals surface area contributed by atoms with E-state index in [2.05, 4.69) is 12.0 Å². The standard InChI is InChI=1S/C16H24N4O3S/c1-3-4-9-20-16(21)19-12-14(5-6-15(19)17-20)24(22,23)18-10-7-13(2)8-11-18/h5-6,12-13H,3-4,7-11H2,1-2H3. The highest BCUT2D eigenvalue weighted by Crippen LogP contribution is 2.23. The molecule has 0 aliphatic carbocycles. The van der Waals surface area contributed by atoms with Crippen molar-refractivity contribution in [3.63, 3.8) is 0 Å².